The number of aromatic hydroxyl groups is 1. The van der Waals surface area contributed by atoms with Crippen LogP contribution in [0.2, 0.25) is 0 Å². The fraction of sp³-hybridized carbons (Fsp3) is 0.426. The van der Waals surface area contributed by atoms with Gasteiger partial charge in [-0.1, -0.05) is 26.8 Å². The van der Waals surface area contributed by atoms with Crippen LogP contribution in [-0.4, -0.2) is 110 Å². The molecule has 4 aromatic rings. The highest BCUT2D eigenvalue weighted by atomic mass is 16.7. The predicted octanol–water partition coefficient (Wildman–Crippen LogP) is 3.18. The van der Waals surface area contributed by atoms with Gasteiger partial charge in [0.25, 0.3) is 11.5 Å². The van der Waals surface area contributed by atoms with E-state index in [2.05, 4.69) is 16.0 Å². The number of imide groups is 1. The molecule has 2 fully saturated rings. The van der Waals surface area contributed by atoms with E-state index in [9.17, 15) is 43.8 Å². The monoisotopic (exact) mass is 974 g/mol. The van der Waals surface area contributed by atoms with Crippen LogP contribution < -0.4 is 35.7 Å². The Morgan fingerprint density at radius 2 is 1.61 bits per heavy atom. The van der Waals surface area contributed by atoms with Crippen LogP contribution in [0.3, 0.4) is 0 Å². The van der Waals surface area contributed by atoms with Crippen molar-refractivity contribution in [2.24, 2.45) is 5.92 Å². The van der Waals surface area contributed by atoms with E-state index in [0.717, 1.165) is 11.8 Å². The first-order valence-electron chi connectivity index (χ1n) is 22.4. The lowest BCUT2D eigenvalue weighted by atomic mass is 10.00. The minimum absolute atomic E-state index is 0.00294. The zero-order valence-corrected chi connectivity index (χ0v) is 39.2. The summed E-state index contributed by atoms with van der Waals surface area (Å²) in [5.41, 5.74) is 2.28. The number of hydrogen-bond acceptors (Lipinski definition) is 17. The number of pyridine rings is 2. The van der Waals surface area contributed by atoms with E-state index in [1.807, 2.05) is 13.8 Å². The Morgan fingerprint density at radius 1 is 0.900 bits per heavy atom. The number of benzene rings is 2. The summed E-state index contributed by atoms with van der Waals surface area (Å²) in [4.78, 5) is 103. The van der Waals surface area contributed by atoms with Gasteiger partial charge < -0.3 is 64.3 Å². The number of esters is 1. The third-order valence-electron chi connectivity index (χ3n) is 11.2. The molecule has 5 amide bonds. The number of carboxylic acids is 1. The fourth-order valence-electron chi connectivity index (χ4n) is 7.71. The van der Waals surface area contributed by atoms with Gasteiger partial charge in [-0.3, -0.25) is 38.5 Å². The number of amides is 5. The molecule has 0 bridgehead atoms. The molecule has 374 valence electrons. The van der Waals surface area contributed by atoms with Crippen LogP contribution >= 0.6 is 0 Å². The van der Waals surface area contributed by atoms with Crippen molar-refractivity contribution < 1.29 is 77.3 Å². The van der Waals surface area contributed by atoms with Crippen molar-refractivity contribution >= 4 is 58.3 Å². The van der Waals surface area contributed by atoms with Gasteiger partial charge in [0, 0.05) is 81.7 Å². The molecule has 6 heterocycles. The summed E-state index contributed by atoms with van der Waals surface area (Å²) in [6.45, 7) is 8.75. The standard InChI is InChI=1S/C43H44N6O15.C2H4O2.C2H6/c1-20-10-37(54)48(40(20)56)9-7-35(52)44-8-6-36(53)46-29-11-23(4-5-32(29)64-42-39(55)21(2)63-42)17-60-43(58)45-15-25-24-12-33-34(62-19-61-33)13-28(24)47-38-26(25)16-49-30(38)14-31(51)27(41(49)57)18-59-22(3)50;1-2(3)4;1-2/h4-5,11-14,20-21,39,42,51,55H,6-10,15-19H2,1-3H3,(H,44,52)(H,45,58)(H,46,53);1H3,(H,3,4);1-2H3. The van der Waals surface area contributed by atoms with Crippen molar-refractivity contribution in [3.63, 3.8) is 0 Å². The van der Waals surface area contributed by atoms with E-state index < -0.39 is 66.4 Å². The van der Waals surface area contributed by atoms with Crippen molar-refractivity contribution in [2.45, 2.75) is 106 Å². The first-order chi connectivity index (χ1) is 33.4. The van der Waals surface area contributed by atoms with Crippen molar-refractivity contribution in [3.8, 4) is 34.4 Å². The molecule has 4 aliphatic rings. The van der Waals surface area contributed by atoms with Crippen LogP contribution in [0.5, 0.6) is 23.0 Å². The summed E-state index contributed by atoms with van der Waals surface area (Å²) in [5.74, 6) is -2.78. The molecule has 2 aromatic heterocycles. The topological polar surface area (TPSA) is 310 Å². The summed E-state index contributed by atoms with van der Waals surface area (Å²) in [6.07, 6.45) is -3.36. The molecule has 2 aromatic carbocycles. The highest BCUT2D eigenvalue weighted by molar-refractivity contribution is 6.03. The summed E-state index contributed by atoms with van der Waals surface area (Å²) in [6, 6.07) is 9.41. The Morgan fingerprint density at radius 3 is 2.27 bits per heavy atom. The number of carboxylic acid groups (broad SMARTS) is 1. The number of likely N-dealkylation sites (tertiary alicyclic amines) is 1. The molecular weight excluding hydrogens is 921 g/mol. The minimum atomic E-state index is -0.999. The number of nitrogens with one attached hydrogen (secondary N) is 3. The number of anilines is 1. The summed E-state index contributed by atoms with van der Waals surface area (Å²) < 4.78 is 34.5. The van der Waals surface area contributed by atoms with Gasteiger partial charge in [-0.15, -0.1) is 0 Å². The minimum Gasteiger partial charge on any atom is -0.507 e. The maximum Gasteiger partial charge on any atom is 0.407 e. The predicted molar refractivity (Wildman–Crippen MR) is 244 cm³/mol. The van der Waals surface area contributed by atoms with E-state index in [1.54, 1.807) is 32.0 Å². The normalized spacial score (nSPS) is 18.0. The zero-order valence-electron chi connectivity index (χ0n) is 39.2. The highest BCUT2D eigenvalue weighted by Crippen LogP contribution is 2.42. The number of alkyl carbamates (subject to hydrolysis) is 1. The number of aliphatic carboxylic acids is 1. The number of ether oxygens (including phenoxy) is 6. The molecule has 4 atom stereocenters. The lowest BCUT2D eigenvalue weighted by molar-refractivity contribution is -0.286. The van der Waals surface area contributed by atoms with Gasteiger partial charge in [0.1, 0.15) is 30.8 Å². The Balaban J connectivity index is 0.00000127. The summed E-state index contributed by atoms with van der Waals surface area (Å²) in [7, 11) is 0. The van der Waals surface area contributed by atoms with Gasteiger partial charge in [0.05, 0.1) is 40.8 Å². The first kappa shape index (κ1) is 51.6. The van der Waals surface area contributed by atoms with Crippen molar-refractivity contribution in [1.29, 1.82) is 0 Å². The second kappa shape index (κ2) is 22.5. The van der Waals surface area contributed by atoms with Gasteiger partial charge in [-0.05, 0) is 36.2 Å². The van der Waals surface area contributed by atoms with E-state index in [1.165, 1.54) is 29.7 Å². The number of hydrogen-bond donors (Lipinski definition) is 6. The third-order valence-corrected chi connectivity index (χ3v) is 11.2. The van der Waals surface area contributed by atoms with Crippen LogP contribution in [0.15, 0.2) is 41.2 Å². The molecular formula is C47H54N6O17. The van der Waals surface area contributed by atoms with Crippen LogP contribution in [0.25, 0.3) is 22.3 Å². The Labute approximate surface area is 399 Å². The van der Waals surface area contributed by atoms with Crippen molar-refractivity contribution in [3.05, 3.63) is 69.0 Å². The number of carbonyl (C=O) groups excluding carboxylic acids is 6. The number of fused-ring (bicyclic) bond motifs is 5. The number of nitrogens with zero attached hydrogens (tertiary/aromatic N) is 3. The SMILES string of the molecule is CC.CC(=O)O.CC(=O)OCc1c(O)cc2n(c1=O)Cc1c-2nc2cc3c(cc2c1CNC(=O)OCc1ccc(OC2OC(C)C2O)c(NC(=O)CCNC(=O)CCN2C(=O)CC(C)C2=O)c1)OCO3. The van der Waals surface area contributed by atoms with Gasteiger partial charge in [-0.25, -0.2) is 9.78 Å². The van der Waals surface area contributed by atoms with Gasteiger partial charge in [-0.2, -0.15) is 0 Å². The Kier molecular flexibility index (Phi) is 16.6. The summed E-state index contributed by atoms with van der Waals surface area (Å²) >= 11 is 0. The second-order valence-electron chi connectivity index (χ2n) is 16.2. The average molecular weight is 975 g/mol. The molecule has 8 rings (SSSR count). The molecule has 0 saturated carbocycles. The van der Waals surface area contributed by atoms with E-state index >= 15 is 0 Å². The second-order valence-corrected chi connectivity index (χ2v) is 16.2. The lowest BCUT2D eigenvalue weighted by Crippen LogP contribution is -2.55. The number of rotatable bonds is 15. The van der Waals surface area contributed by atoms with Gasteiger partial charge >= 0.3 is 12.1 Å². The highest BCUT2D eigenvalue weighted by Gasteiger charge is 2.40. The molecule has 6 N–H and O–H groups in total. The molecule has 0 aliphatic carbocycles. The Bertz CT molecular complexity index is 2770. The van der Waals surface area contributed by atoms with E-state index in [4.69, 9.17) is 43.3 Å². The third kappa shape index (κ3) is 11.9. The largest absolute Gasteiger partial charge is 0.507 e. The number of aliphatic hydroxyl groups is 1. The maximum absolute atomic E-state index is 13.5. The van der Waals surface area contributed by atoms with E-state index in [0.29, 0.717) is 50.5 Å². The van der Waals surface area contributed by atoms with Crippen LogP contribution in [-0.2, 0) is 69.3 Å². The molecule has 4 aliphatic heterocycles. The Hall–Kier alpha value is -7.79. The molecule has 0 spiro atoms. The maximum atomic E-state index is 13.5. The van der Waals surface area contributed by atoms with Crippen LogP contribution in [0.4, 0.5) is 10.5 Å². The zero-order chi connectivity index (χ0) is 51.0. The molecule has 23 nitrogen and oxygen atoms in total. The quantitative estimate of drug-likeness (QED) is 0.0648. The molecule has 0 radical (unpaired) electrons. The summed E-state index contributed by atoms with van der Waals surface area (Å²) in [5, 5.41) is 37.2. The van der Waals surface area contributed by atoms with E-state index in [-0.39, 0.29) is 93.4 Å². The van der Waals surface area contributed by atoms with Gasteiger partial charge in [0.15, 0.2) is 11.5 Å². The molecule has 4 unspecified atom stereocenters. The first-order valence-corrected chi connectivity index (χ1v) is 22.4. The number of carbonyl (C=O) groups is 7. The molecule has 2 saturated heterocycles. The number of aliphatic hydroxyl groups excluding tert-OH is 1. The smallest absolute Gasteiger partial charge is 0.407 e. The average Bonchev–Trinajstić information content (AvgIpc) is 4.00. The number of aromatic nitrogens is 2. The van der Waals surface area contributed by atoms with Crippen LogP contribution in [0.1, 0.15) is 83.1 Å². The van der Waals surface area contributed by atoms with Gasteiger partial charge in [0.2, 0.25) is 36.7 Å². The van der Waals surface area contributed by atoms with Crippen LogP contribution in [0, 0.1) is 5.92 Å². The van der Waals surface area contributed by atoms with Crippen molar-refractivity contribution in [1.82, 2.24) is 25.1 Å². The molecule has 70 heavy (non-hydrogen) atoms. The molecule has 23 heteroatoms. The fourth-order valence-corrected chi connectivity index (χ4v) is 7.71. The van der Waals surface area contributed by atoms with Crippen molar-refractivity contribution in [2.75, 3.05) is 25.2 Å². The lowest BCUT2D eigenvalue weighted by Gasteiger charge is -2.39.